The van der Waals surface area contributed by atoms with Crippen molar-refractivity contribution in [3.05, 3.63) is 71.3 Å². The van der Waals surface area contributed by atoms with Gasteiger partial charge in [-0.25, -0.2) is 13.6 Å². The molecule has 2 aromatic carbocycles. The van der Waals surface area contributed by atoms with Crippen molar-refractivity contribution in [3.63, 3.8) is 0 Å². The molecule has 0 saturated heterocycles. The van der Waals surface area contributed by atoms with Crippen LogP contribution in [0.25, 0.3) is 0 Å². The number of nitrogens with one attached hydrogen (secondary N) is 1. The smallest absolute Gasteiger partial charge is 0.328 e. The lowest BCUT2D eigenvalue weighted by atomic mass is 10.1. The van der Waals surface area contributed by atoms with Crippen molar-refractivity contribution < 1.29 is 23.1 Å². The number of hydrogen-bond acceptors (Lipinski definition) is 3. The summed E-state index contributed by atoms with van der Waals surface area (Å²) in [5.41, 5.74) is 0.749. The minimum Gasteiger partial charge on any atom is -0.467 e. The van der Waals surface area contributed by atoms with E-state index in [1.54, 1.807) is 6.07 Å². The second-order valence-corrected chi connectivity index (χ2v) is 4.89. The van der Waals surface area contributed by atoms with Crippen LogP contribution in [0.5, 0.6) is 0 Å². The van der Waals surface area contributed by atoms with Crippen molar-refractivity contribution in [2.45, 2.75) is 12.5 Å². The van der Waals surface area contributed by atoms with E-state index in [4.69, 9.17) is 0 Å². The van der Waals surface area contributed by atoms with Crippen LogP contribution in [0.15, 0.2) is 48.5 Å². The first-order chi connectivity index (χ1) is 11.0. The van der Waals surface area contributed by atoms with Gasteiger partial charge in [0.2, 0.25) is 0 Å². The van der Waals surface area contributed by atoms with Crippen molar-refractivity contribution in [2.24, 2.45) is 0 Å². The molecule has 0 bridgehead atoms. The Hall–Kier alpha value is -2.76. The van der Waals surface area contributed by atoms with Gasteiger partial charge in [-0.2, -0.15) is 0 Å². The number of rotatable bonds is 5. The molecular formula is C17H15F2NO3. The molecule has 0 fully saturated rings. The molecule has 1 N–H and O–H groups in total. The lowest BCUT2D eigenvalue weighted by Crippen LogP contribution is -2.43. The van der Waals surface area contributed by atoms with Crippen LogP contribution in [-0.2, 0) is 16.0 Å². The molecule has 0 aromatic heterocycles. The Morgan fingerprint density at radius 2 is 1.78 bits per heavy atom. The fraction of sp³-hybridized carbons (Fsp3) is 0.176. The van der Waals surface area contributed by atoms with E-state index in [1.165, 1.54) is 37.4 Å². The number of carbonyl (C=O) groups excluding carboxylic acids is 2. The molecule has 4 nitrogen and oxygen atoms in total. The van der Waals surface area contributed by atoms with Gasteiger partial charge in [-0.05, 0) is 42.0 Å². The third kappa shape index (κ3) is 4.60. The molecule has 2 rings (SSSR count). The minimum atomic E-state index is -0.973. The van der Waals surface area contributed by atoms with Crippen LogP contribution in [0, 0.1) is 11.6 Å². The van der Waals surface area contributed by atoms with E-state index in [0.717, 1.165) is 12.1 Å². The highest BCUT2D eigenvalue weighted by atomic mass is 19.1. The van der Waals surface area contributed by atoms with Crippen LogP contribution >= 0.6 is 0 Å². The summed E-state index contributed by atoms with van der Waals surface area (Å²) >= 11 is 0. The van der Waals surface area contributed by atoms with Crippen LogP contribution < -0.4 is 5.32 Å². The van der Waals surface area contributed by atoms with Gasteiger partial charge < -0.3 is 10.1 Å². The molecule has 0 heterocycles. The van der Waals surface area contributed by atoms with Gasteiger partial charge in [-0.15, -0.1) is 0 Å². The van der Waals surface area contributed by atoms with Crippen LogP contribution in [0.2, 0.25) is 0 Å². The fourth-order valence-electron chi connectivity index (χ4n) is 2.08. The van der Waals surface area contributed by atoms with Crippen molar-refractivity contribution in [2.75, 3.05) is 7.11 Å². The highest BCUT2D eigenvalue weighted by Gasteiger charge is 2.22. The Balaban J connectivity index is 2.13. The van der Waals surface area contributed by atoms with Gasteiger partial charge in [-0.3, -0.25) is 4.79 Å². The Morgan fingerprint density at radius 1 is 1.09 bits per heavy atom. The minimum absolute atomic E-state index is 0.0807. The average Bonchev–Trinajstić information content (AvgIpc) is 2.54. The molecule has 2 aromatic rings. The van der Waals surface area contributed by atoms with Gasteiger partial charge in [0, 0.05) is 12.0 Å². The van der Waals surface area contributed by atoms with E-state index in [-0.39, 0.29) is 12.0 Å². The van der Waals surface area contributed by atoms with Crippen molar-refractivity contribution >= 4 is 11.9 Å². The summed E-state index contributed by atoms with van der Waals surface area (Å²) in [6.07, 6.45) is 0.0807. The number of hydrogen-bond donors (Lipinski definition) is 1. The largest absolute Gasteiger partial charge is 0.467 e. The topological polar surface area (TPSA) is 55.4 Å². The average molecular weight is 319 g/mol. The third-order valence-corrected chi connectivity index (χ3v) is 3.23. The van der Waals surface area contributed by atoms with Crippen molar-refractivity contribution in [1.29, 1.82) is 0 Å². The molecule has 0 aliphatic carbocycles. The van der Waals surface area contributed by atoms with Crippen molar-refractivity contribution in [3.8, 4) is 0 Å². The zero-order valence-corrected chi connectivity index (χ0v) is 12.4. The highest BCUT2D eigenvalue weighted by Crippen LogP contribution is 2.09. The maximum Gasteiger partial charge on any atom is 0.328 e. The van der Waals surface area contributed by atoms with E-state index in [1.807, 2.05) is 0 Å². The predicted molar refractivity (Wildman–Crippen MR) is 79.8 cm³/mol. The van der Waals surface area contributed by atoms with Crippen LogP contribution in [0.4, 0.5) is 8.78 Å². The Bertz CT molecular complexity index is 701. The SMILES string of the molecule is COC(=O)[C@@H](Cc1cccc(F)c1)NC(=O)c1ccc(F)cc1. The number of halogens is 2. The number of esters is 1. The van der Waals surface area contributed by atoms with E-state index in [9.17, 15) is 18.4 Å². The Morgan fingerprint density at radius 3 is 2.39 bits per heavy atom. The predicted octanol–water partition coefficient (Wildman–Crippen LogP) is 2.48. The van der Waals surface area contributed by atoms with E-state index < -0.39 is 29.6 Å². The summed E-state index contributed by atoms with van der Waals surface area (Å²) in [5.74, 6) is -2.09. The lowest BCUT2D eigenvalue weighted by molar-refractivity contribution is -0.142. The Kier molecular flexibility index (Phi) is 5.41. The normalized spacial score (nSPS) is 11.6. The molecule has 0 unspecified atom stereocenters. The number of ether oxygens (including phenoxy) is 1. The summed E-state index contributed by atoms with van der Waals surface area (Å²) in [5, 5.41) is 2.51. The molecule has 0 spiro atoms. The second kappa shape index (κ2) is 7.49. The summed E-state index contributed by atoms with van der Waals surface area (Å²) in [4.78, 5) is 24.0. The van der Waals surface area contributed by atoms with Crippen LogP contribution in [0.3, 0.4) is 0 Å². The first-order valence-electron chi connectivity index (χ1n) is 6.88. The molecule has 0 saturated carbocycles. The molecule has 0 aliphatic rings. The van der Waals surface area contributed by atoms with E-state index >= 15 is 0 Å². The third-order valence-electron chi connectivity index (χ3n) is 3.23. The van der Waals surface area contributed by atoms with Gasteiger partial charge in [0.15, 0.2) is 0 Å². The van der Waals surface area contributed by atoms with Crippen LogP contribution in [0.1, 0.15) is 15.9 Å². The van der Waals surface area contributed by atoms with E-state index in [0.29, 0.717) is 5.56 Å². The number of amides is 1. The van der Waals surface area contributed by atoms with Gasteiger partial charge in [-0.1, -0.05) is 12.1 Å². The molecular weight excluding hydrogens is 304 g/mol. The van der Waals surface area contributed by atoms with Gasteiger partial charge in [0.25, 0.3) is 5.91 Å². The first kappa shape index (κ1) is 16.6. The standard InChI is InChI=1S/C17H15F2NO3/c1-23-17(22)15(10-11-3-2-4-14(19)9-11)20-16(21)12-5-7-13(18)8-6-12/h2-9,15H,10H2,1H3,(H,20,21)/t15-/m1/s1. The molecule has 23 heavy (non-hydrogen) atoms. The first-order valence-corrected chi connectivity index (χ1v) is 6.88. The van der Waals surface area contributed by atoms with Crippen molar-refractivity contribution in [1.82, 2.24) is 5.32 Å². The fourth-order valence-corrected chi connectivity index (χ4v) is 2.08. The number of benzene rings is 2. The van der Waals surface area contributed by atoms with Gasteiger partial charge in [0.1, 0.15) is 17.7 Å². The Labute approximate surface area is 132 Å². The molecule has 0 aliphatic heterocycles. The summed E-state index contributed by atoms with van der Waals surface area (Å²) in [7, 11) is 1.20. The number of carbonyl (C=O) groups is 2. The maximum absolute atomic E-state index is 13.2. The van der Waals surface area contributed by atoms with Crippen LogP contribution in [-0.4, -0.2) is 25.0 Å². The molecule has 6 heteroatoms. The summed E-state index contributed by atoms with van der Waals surface area (Å²) in [6.45, 7) is 0. The second-order valence-electron chi connectivity index (χ2n) is 4.89. The maximum atomic E-state index is 13.2. The quantitative estimate of drug-likeness (QED) is 0.862. The summed E-state index contributed by atoms with van der Waals surface area (Å²) in [6, 6.07) is 9.66. The monoisotopic (exact) mass is 319 g/mol. The molecule has 120 valence electrons. The zero-order valence-electron chi connectivity index (χ0n) is 12.4. The van der Waals surface area contributed by atoms with Gasteiger partial charge in [0.05, 0.1) is 7.11 Å². The molecule has 0 radical (unpaired) electrons. The zero-order chi connectivity index (χ0) is 16.8. The van der Waals surface area contributed by atoms with E-state index in [2.05, 4.69) is 10.1 Å². The molecule has 1 atom stereocenters. The molecule has 1 amide bonds. The van der Waals surface area contributed by atoms with Gasteiger partial charge >= 0.3 is 5.97 Å². The summed E-state index contributed by atoms with van der Waals surface area (Å²) < 4.78 is 30.8. The lowest BCUT2D eigenvalue weighted by Gasteiger charge is -2.16. The number of methoxy groups -OCH3 is 1. The highest BCUT2D eigenvalue weighted by molar-refractivity contribution is 5.96.